The molecule has 26 heavy (non-hydrogen) atoms. The summed E-state index contributed by atoms with van der Waals surface area (Å²) < 4.78 is 5.54. The van der Waals surface area contributed by atoms with E-state index in [1.165, 1.54) is 0 Å². The molecule has 1 heterocycles. The quantitative estimate of drug-likeness (QED) is 0.593. The first-order valence-electron chi connectivity index (χ1n) is 8.78. The fraction of sp³-hybridized carbons (Fsp3) is 0.333. The van der Waals surface area contributed by atoms with Crippen LogP contribution in [-0.2, 0) is 4.79 Å². The molecule has 1 aliphatic rings. The summed E-state index contributed by atoms with van der Waals surface area (Å²) in [6.45, 7) is 5.03. The molecule has 1 atom stereocenters. The Balaban J connectivity index is 1.65. The van der Waals surface area contributed by atoms with Gasteiger partial charge in [-0.3, -0.25) is 9.59 Å². The zero-order valence-corrected chi connectivity index (χ0v) is 15.8. The third-order valence-electron chi connectivity index (χ3n) is 4.83. The van der Waals surface area contributed by atoms with E-state index >= 15 is 0 Å². The van der Waals surface area contributed by atoms with Crippen LogP contribution in [0, 0.1) is 19.8 Å². The number of halogens is 1. The zero-order chi connectivity index (χ0) is 18.7. The third kappa shape index (κ3) is 4.25. The van der Waals surface area contributed by atoms with Crippen molar-refractivity contribution in [2.75, 3.05) is 13.1 Å². The number of aryl methyl sites for hydroxylation is 2. The predicted octanol–water partition coefficient (Wildman–Crippen LogP) is 4.41. The Labute approximate surface area is 158 Å². The minimum atomic E-state index is -0.304. The van der Waals surface area contributed by atoms with Crippen LogP contribution >= 0.6 is 11.6 Å². The van der Waals surface area contributed by atoms with Crippen LogP contribution in [0.3, 0.4) is 0 Å². The first-order valence-corrected chi connectivity index (χ1v) is 9.15. The zero-order valence-electron chi connectivity index (χ0n) is 15.0. The van der Waals surface area contributed by atoms with Gasteiger partial charge in [0.15, 0.2) is 0 Å². The summed E-state index contributed by atoms with van der Waals surface area (Å²) in [5.41, 5.74) is 2.82. The van der Waals surface area contributed by atoms with Gasteiger partial charge in [0.1, 0.15) is 5.75 Å². The highest BCUT2D eigenvalue weighted by atomic mass is 35.5. The van der Waals surface area contributed by atoms with Crippen LogP contribution < -0.4 is 4.74 Å². The van der Waals surface area contributed by atoms with E-state index in [4.69, 9.17) is 16.3 Å². The second-order valence-electron chi connectivity index (χ2n) is 6.76. The summed E-state index contributed by atoms with van der Waals surface area (Å²) in [7, 11) is 0. The molecule has 0 radical (unpaired) electrons. The highest BCUT2D eigenvalue weighted by Gasteiger charge is 2.30. The van der Waals surface area contributed by atoms with Crippen LogP contribution in [0.5, 0.6) is 5.75 Å². The maximum absolute atomic E-state index is 12.7. The van der Waals surface area contributed by atoms with Crippen molar-refractivity contribution in [1.82, 2.24) is 4.90 Å². The monoisotopic (exact) mass is 371 g/mol. The van der Waals surface area contributed by atoms with Gasteiger partial charge in [-0.25, -0.2) is 0 Å². The molecule has 0 N–H and O–H groups in total. The Hall–Kier alpha value is -2.33. The number of likely N-dealkylation sites (tertiary alicyclic amines) is 1. The van der Waals surface area contributed by atoms with Crippen molar-refractivity contribution in [3.63, 3.8) is 0 Å². The summed E-state index contributed by atoms with van der Waals surface area (Å²) in [5, 5.41) is 0.593. The molecule has 0 unspecified atom stereocenters. The highest BCUT2D eigenvalue weighted by Crippen LogP contribution is 2.23. The Morgan fingerprint density at radius 1 is 1.08 bits per heavy atom. The van der Waals surface area contributed by atoms with Gasteiger partial charge in [-0.15, -0.1) is 0 Å². The molecule has 1 saturated heterocycles. The van der Waals surface area contributed by atoms with Crippen molar-refractivity contribution < 1.29 is 14.3 Å². The minimum Gasteiger partial charge on any atom is -0.426 e. The van der Waals surface area contributed by atoms with Crippen molar-refractivity contribution >= 4 is 23.5 Å². The van der Waals surface area contributed by atoms with E-state index in [1.54, 1.807) is 35.2 Å². The molecule has 5 heteroatoms. The largest absolute Gasteiger partial charge is 0.426 e. The molecule has 1 amide bonds. The second-order valence-corrected chi connectivity index (χ2v) is 7.20. The van der Waals surface area contributed by atoms with Crippen molar-refractivity contribution in [3.8, 4) is 5.75 Å². The molecule has 2 aromatic rings. The third-order valence-corrected chi connectivity index (χ3v) is 5.08. The molecule has 0 aromatic heterocycles. The Bertz CT molecular complexity index is 817. The van der Waals surface area contributed by atoms with E-state index in [1.807, 2.05) is 26.0 Å². The fourth-order valence-electron chi connectivity index (χ4n) is 3.11. The van der Waals surface area contributed by atoms with E-state index in [9.17, 15) is 9.59 Å². The smallest absolute Gasteiger partial charge is 0.316 e. The van der Waals surface area contributed by atoms with Gasteiger partial charge in [-0.05, 0) is 74.2 Å². The molecular formula is C21H22ClNO3. The van der Waals surface area contributed by atoms with Gasteiger partial charge < -0.3 is 9.64 Å². The molecule has 1 fully saturated rings. The number of rotatable bonds is 3. The number of hydrogen-bond donors (Lipinski definition) is 0. The maximum atomic E-state index is 12.7. The minimum absolute atomic E-state index is 0.0784. The number of esters is 1. The number of carbonyl (C=O) groups excluding carboxylic acids is 2. The van der Waals surface area contributed by atoms with E-state index in [-0.39, 0.29) is 17.8 Å². The summed E-state index contributed by atoms with van der Waals surface area (Å²) in [6, 6.07) is 12.4. The molecule has 136 valence electrons. The molecule has 2 aromatic carbocycles. The average Bonchev–Trinajstić information content (AvgIpc) is 2.65. The van der Waals surface area contributed by atoms with Crippen molar-refractivity contribution in [3.05, 3.63) is 64.2 Å². The van der Waals surface area contributed by atoms with Gasteiger partial charge in [-0.1, -0.05) is 17.7 Å². The van der Waals surface area contributed by atoms with Crippen LogP contribution in [0.2, 0.25) is 5.02 Å². The lowest BCUT2D eigenvalue weighted by molar-refractivity contribution is -0.140. The fourth-order valence-corrected chi connectivity index (χ4v) is 3.23. The highest BCUT2D eigenvalue weighted by molar-refractivity contribution is 6.30. The van der Waals surface area contributed by atoms with Gasteiger partial charge >= 0.3 is 5.97 Å². The normalized spacial score (nSPS) is 17.0. The van der Waals surface area contributed by atoms with Crippen LogP contribution in [-0.4, -0.2) is 29.9 Å². The molecule has 0 bridgehead atoms. The van der Waals surface area contributed by atoms with Crippen LogP contribution in [0.25, 0.3) is 0 Å². The van der Waals surface area contributed by atoms with Crippen molar-refractivity contribution in [2.24, 2.45) is 5.92 Å². The van der Waals surface area contributed by atoms with Crippen LogP contribution in [0.1, 0.15) is 34.3 Å². The summed E-state index contributed by atoms with van der Waals surface area (Å²) in [6.07, 6.45) is 1.51. The summed E-state index contributed by atoms with van der Waals surface area (Å²) in [4.78, 5) is 26.9. The van der Waals surface area contributed by atoms with E-state index in [0.29, 0.717) is 29.4 Å². The first kappa shape index (κ1) is 18.5. The van der Waals surface area contributed by atoms with Crippen LogP contribution in [0.15, 0.2) is 42.5 Å². The first-order chi connectivity index (χ1) is 12.4. The van der Waals surface area contributed by atoms with Crippen molar-refractivity contribution in [1.29, 1.82) is 0 Å². The van der Waals surface area contributed by atoms with E-state index < -0.39 is 0 Å². The number of ether oxygens (including phenoxy) is 1. The van der Waals surface area contributed by atoms with Gasteiger partial charge in [0.2, 0.25) is 0 Å². The molecule has 0 spiro atoms. The lowest BCUT2D eigenvalue weighted by atomic mass is 9.97. The molecule has 3 rings (SSSR count). The number of carbonyl (C=O) groups is 2. The Morgan fingerprint density at radius 2 is 1.81 bits per heavy atom. The standard InChI is InChI=1S/C21H22ClNO3/c1-14-5-10-19(12-15(14)2)26-21(25)17-4-3-11-23(13-17)20(24)16-6-8-18(22)9-7-16/h5-10,12,17H,3-4,11,13H2,1-2H3/t17-/m0/s1. The van der Waals surface area contributed by atoms with E-state index in [2.05, 4.69) is 0 Å². The summed E-state index contributed by atoms with van der Waals surface area (Å²) in [5.74, 6) is -0.104. The number of piperidine rings is 1. The average molecular weight is 372 g/mol. The maximum Gasteiger partial charge on any atom is 0.316 e. The Morgan fingerprint density at radius 3 is 2.50 bits per heavy atom. The SMILES string of the molecule is Cc1ccc(OC(=O)[C@H]2CCCN(C(=O)c3ccc(Cl)cc3)C2)cc1C. The number of hydrogen-bond acceptors (Lipinski definition) is 3. The molecular weight excluding hydrogens is 350 g/mol. The molecule has 1 aliphatic heterocycles. The molecule has 4 nitrogen and oxygen atoms in total. The van der Waals surface area contributed by atoms with Gasteiger partial charge in [0, 0.05) is 23.7 Å². The van der Waals surface area contributed by atoms with Gasteiger partial charge in [0.05, 0.1) is 5.92 Å². The van der Waals surface area contributed by atoms with Crippen LogP contribution in [0.4, 0.5) is 0 Å². The lowest BCUT2D eigenvalue weighted by Gasteiger charge is -2.31. The second kappa shape index (κ2) is 7.92. The Kier molecular flexibility index (Phi) is 5.62. The number of benzene rings is 2. The lowest BCUT2D eigenvalue weighted by Crippen LogP contribution is -2.43. The molecule has 0 aliphatic carbocycles. The van der Waals surface area contributed by atoms with Crippen molar-refractivity contribution in [2.45, 2.75) is 26.7 Å². The number of amides is 1. The predicted molar refractivity (Wildman–Crippen MR) is 102 cm³/mol. The molecule has 0 saturated carbocycles. The topological polar surface area (TPSA) is 46.6 Å². The van der Waals surface area contributed by atoms with Gasteiger partial charge in [0.25, 0.3) is 5.91 Å². The summed E-state index contributed by atoms with van der Waals surface area (Å²) >= 11 is 5.88. The van der Waals surface area contributed by atoms with Gasteiger partial charge in [-0.2, -0.15) is 0 Å². The van der Waals surface area contributed by atoms with E-state index in [0.717, 1.165) is 24.0 Å². The number of nitrogens with zero attached hydrogens (tertiary/aromatic N) is 1.